The van der Waals surface area contributed by atoms with Crippen LogP contribution in [0.1, 0.15) is 33.6 Å². The van der Waals surface area contributed by atoms with Crippen molar-refractivity contribution in [3.8, 4) is 0 Å². The summed E-state index contributed by atoms with van der Waals surface area (Å²) in [4.78, 5) is 15.0. The molecular formula is C13H22ClN5O. The van der Waals surface area contributed by atoms with Gasteiger partial charge in [-0.25, -0.2) is 0 Å². The van der Waals surface area contributed by atoms with Gasteiger partial charge in [0.25, 0.3) is 0 Å². The summed E-state index contributed by atoms with van der Waals surface area (Å²) in [6.07, 6.45) is 2.15. The Morgan fingerprint density at radius 3 is 2.85 bits per heavy atom. The lowest BCUT2D eigenvalue weighted by Gasteiger charge is -2.38. The molecular weight excluding hydrogens is 278 g/mol. The highest BCUT2D eigenvalue weighted by molar-refractivity contribution is 6.28. The van der Waals surface area contributed by atoms with Crippen LogP contribution in [0, 0.1) is 0 Å². The van der Waals surface area contributed by atoms with E-state index in [0.29, 0.717) is 18.5 Å². The van der Waals surface area contributed by atoms with E-state index in [-0.39, 0.29) is 17.4 Å². The van der Waals surface area contributed by atoms with Crippen molar-refractivity contribution in [2.75, 3.05) is 29.9 Å². The van der Waals surface area contributed by atoms with Crippen LogP contribution in [0.2, 0.25) is 5.28 Å². The lowest BCUT2D eigenvalue weighted by molar-refractivity contribution is 0.0292. The molecule has 6 nitrogen and oxygen atoms in total. The number of ether oxygens (including phenoxy) is 1. The first-order valence-corrected chi connectivity index (χ1v) is 7.55. The predicted molar refractivity (Wildman–Crippen MR) is 80.5 cm³/mol. The fourth-order valence-electron chi connectivity index (χ4n) is 2.21. The molecule has 2 unspecified atom stereocenters. The monoisotopic (exact) mass is 299 g/mol. The van der Waals surface area contributed by atoms with Crippen LogP contribution < -0.4 is 10.2 Å². The van der Waals surface area contributed by atoms with Crippen molar-refractivity contribution >= 4 is 23.5 Å². The van der Waals surface area contributed by atoms with Gasteiger partial charge in [-0.3, -0.25) is 0 Å². The van der Waals surface area contributed by atoms with Crippen LogP contribution in [-0.2, 0) is 4.74 Å². The third-order valence-corrected chi connectivity index (χ3v) is 3.49. The molecule has 1 fully saturated rings. The quantitative estimate of drug-likeness (QED) is 0.900. The van der Waals surface area contributed by atoms with Gasteiger partial charge in [0.2, 0.25) is 17.2 Å². The van der Waals surface area contributed by atoms with Crippen LogP contribution in [0.4, 0.5) is 11.9 Å². The Bertz CT molecular complexity index is 445. The molecule has 1 aliphatic rings. The highest BCUT2D eigenvalue weighted by atomic mass is 35.5. The number of anilines is 2. The van der Waals surface area contributed by atoms with Crippen molar-refractivity contribution < 1.29 is 4.74 Å². The van der Waals surface area contributed by atoms with Gasteiger partial charge in [-0.1, -0.05) is 13.8 Å². The van der Waals surface area contributed by atoms with Gasteiger partial charge in [0.05, 0.1) is 18.8 Å². The van der Waals surface area contributed by atoms with Crippen LogP contribution in [-0.4, -0.2) is 46.8 Å². The van der Waals surface area contributed by atoms with Crippen molar-refractivity contribution in [1.29, 1.82) is 0 Å². The normalized spacial score (nSPS) is 22.9. The number of aromatic nitrogens is 3. The molecule has 0 spiro atoms. The van der Waals surface area contributed by atoms with Gasteiger partial charge in [0.1, 0.15) is 0 Å². The zero-order valence-electron chi connectivity index (χ0n) is 12.3. The number of rotatable bonds is 5. The standard InChI is InChI=1S/C13H22ClN5O/c1-4-6-15-12-16-11(14)17-13(18-12)19-7-9(3)20-8-10(19)5-2/h9-10H,4-8H2,1-3H3,(H,15,16,17,18). The molecule has 20 heavy (non-hydrogen) atoms. The van der Waals surface area contributed by atoms with Crippen LogP contribution in [0.25, 0.3) is 0 Å². The van der Waals surface area contributed by atoms with E-state index in [2.05, 4.69) is 45.9 Å². The smallest absolute Gasteiger partial charge is 0.231 e. The second kappa shape index (κ2) is 7.04. The molecule has 0 amide bonds. The Balaban J connectivity index is 2.22. The van der Waals surface area contributed by atoms with E-state index in [9.17, 15) is 0 Å². The van der Waals surface area contributed by atoms with E-state index in [0.717, 1.165) is 25.9 Å². The number of hydrogen-bond donors (Lipinski definition) is 1. The molecule has 0 bridgehead atoms. The van der Waals surface area contributed by atoms with E-state index >= 15 is 0 Å². The van der Waals surface area contributed by atoms with E-state index in [1.807, 2.05) is 0 Å². The molecule has 0 aromatic carbocycles. The molecule has 0 radical (unpaired) electrons. The van der Waals surface area contributed by atoms with Crippen molar-refractivity contribution in [1.82, 2.24) is 15.0 Å². The minimum Gasteiger partial charge on any atom is -0.375 e. The maximum atomic E-state index is 6.02. The van der Waals surface area contributed by atoms with Crippen molar-refractivity contribution in [2.24, 2.45) is 0 Å². The molecule has 1 N–H and O–H groups in total. The lowest BCUT2D eigenvalue weighted by Crippen LogP contribution is -2.49. The number of nitrogens with one attached hydrogen (secondary N) is 1. The Morgan fingerprint density at radius 1 is 1.35 bits per heavy atom. The fraction of sp³-hybridized carbons (Fsp3) is 0.769. The second-order valence-electron chi connectivity index (χ2n) is 5.01. The number of nitrogens with zero attached hydrogens (tertiary/aromatic N) is 4. The average molecular weight is 300 g/mol. The van der Waals surface area contributed by atoms with Crippen molar-refractivity contribution in [3.05, 3.63) is 5.28 Å². The summed E-state index contributed by atoms with van der Waals surface area (Å²) >= 11 is 6.02. The topological polar surface area (TPSA) is 63.2 Å². The molecule has 2 rings (SSSR count). The third kappa shape index (κ3) is 3.70. The van der Waals surface area contributed by atoms with Crippen LogP contribution in [0.3, 0.4) is 0 Å². The fourth-order valence-corrected chi connectivity index (χ4v) is 2.37. The molecule has 2 heterocycles. The predicted octanol–water partition coefficient (Wildman–Crippen LogP) is 2.35. The minimum atomic E-state index is 0.167. The molecule has 112 valence electrons. The second-order valence-corrected chi connectivity index (χ2v) is 5.35. The van der Waals surface area contributed by atoms with Gasteiger partial charge in [0, 0.05) is 13.1 Å². The van der Waals surface area contributed by atoms with E-state index < -0.39 is 0 Å². The third-order valence-electron chi connectivity index (χ3n) is 3.33. The van der Waals surface area contributed by atoms with Gasteiger partial charge in [0.15, 0.2) is 0 Å². The summed E-state index contributed by atoms with van der Waals surface area (Å²) in [5, 5.41) is 3.38. The Kier molecular flexibility index (Phi) is 5.37. The number of halogens is 1. The highest BCUT2D eigenvalue weighted by Gasteiger charge is 2.28. The highest BCUT2D eigenvalue weighted by Crippen LogP contribution is 2.22. The van der Waals surface area contributed by atoms with Crippen molar-refractivity contribution in [3.63, 3.8) is 0 Å². The number of hydrogen-bond acceptors (Lipinski definition) is 6. The van der Waals surface area contributed by atoms with Gasteiger partial charge in [-0.05, 0) is 31.4 Å². The molecule has 0 saturated carbocycles. The minimum absolute atomic E-state index is 0.167. The Hall–Kier alpha value is -1.14. The first-order chi connectivity index (χ1) is 9.63. The Morgan fingerprint density at radius 2 is 2.15 bits per heavy atom. The van der Waals surface area contributed by atoms with E-state index in [4.69, 9.17) is 16.3 Å². The first kappa shape index (κ1) is 15.3. The molecule has 1 aromatic heterocycles. The molecule has 7 heteroatoms. The Labute approximate surface area is 124 Å². The summed E-state index contributed by atoms with van der Waals surface area (Å²) in [5.74, 6) is 1.17. The van der Waals surface area contributed by atoms with E-state index in [1.165, 1.54) is 0 Å². The molecule has 1 aromatic rings. The summed E-state index contributed by atoms with van der Waals surface area (Å²) in [6, 6.07) is 0.281. The van der Waals surface area contributed by atoms with Crippen LogP contribution in [0.5, 0.6) is 0 Å². The first-order valence-electron chi connectivity index (χ1n) is 7.17. The van der Waals surface area contributed by atoms with Gasteiger partial charge in [-0.15, -0.1) is 0 Å². The SMILES string of the molecule is CCCNc1nc(Cl)nc(N2CC(C)OCC2CC)n1. The largest absolute Gasteiger partial charge is 0.375 e. The number of morpholine rings is 1. The summed E-state index contributed by atoms with van der Waals surface area (Å²) in [7, 11) is 0. The molecule has 0 aliphatic carbocycles. The zero-order valence-corrected chi connectivity index (χ0v) is 13.0. The van der Waals surface area contributed by atoms with Crippen LogP contribution >= 0.6 is 11.6 Å². The van der Waals surface area contributed by atoms with Crippen LogP contribution in [0.15, 0.2) is 0 Å². The summed E-state index contributed by atoms with van der Waals surface area (Å²) in [5.41, 5.74) is 0. The van der Waals surface area contributed by atoms with Gasteiger partial charge in [-0.2, -0.15) is 15.0 Å². The lowest BCUT2D eigenvalue weighted by atomic mass is 10.1. The summed E-state index contributed by atoms with van der Waals surface area (Å²) in [6.45, 7) is 8.56. The van der Waals surface area contributed by atoms with Crippen molar-refractivity contribution in [2.45, 2.75) is 45.8 Å². The molecule has 2 atom stereocenters. The molecule has 1 saturated heterocycles. The van der Waals surface area contributed by atoms with E-state index in [1.54, 1.807) is 0 Å². The molecule has 1 aliphatic heterocycles. The maximum absolute atomic E-state index is 6.02. The van der Waals surface area contributed by atoms with Gasteiger partial charge >= 0.3 is 0 Å². The average Bonchev–Trinajstić information content (AvgIpc) is 2.44. The van der Waals surface area contributed by atoms with Gasteiger partial charge < -0.3 is 15.0 Å². The summed E-state index contributed by atoms with van der Waals surface area (Å²) < 4.78 is 5.70. The zero-order chi connectivity index (χ0) is 14.5. The maximum Gasteiger partial charge on any atom is 0.231 e.